The fourth-order valence-electron chi connectivity index (χ4n) is 1.33. The molecule has 0 atom stereocenters. The second kappa shape index (κ2) is 4.27. The number of alkyl halides is 1. The van der Waals surface area contributed by atoms with Crippen LogP contribution in [0, 0.1) is 5.41 Å². The van der Waals surface area contributed by atoms with Gasteiger partial charge in [0.2, 0.25) is 0 Å². The fourth-order valence-corrected chi connectivity index (χ4v) is 1.95. The number of hydrogen-bond donors (Lipinski definition) is 0. The minimum absolute atomic E-state index is 0.371. The second-order valence-electron chi connectivity index (χ2n) is 3.15. The monoisotopic (exact) mass is 218 g/mol. The largest absolute Gasteiger partial charge is 0.381 e. The molecule has 0 fully saturated rings. The Morgan fingerprint density at radius 1 is 1.45 bits per heavy atom. The minimum Gasteiger partial charge on any atom is -0.381 e. The van der Waals surface area contributed by atoms with Gasteiger partial charge in [0.1, 0.15) is 0 Å². The Bertz CT molecular complexity index is 134. The third-order valence-electron chi connectivity index (χ3n) is 2.16. The Kier molecular flexibility index (Phi) is 3.60. The van der Waals surface area contributed by atoms with Gasteiger partial charge in [0.15, 0.2) is 0 Å². The van der Waals surface area contributed by atoms with Crippen LogP contribution in [0.15, 0.2) is 12.2 Å². The molecule has 1 aliphatic carbocycles. The first-order valence-corrected chi connectivity index (χ1v) is 5.24. The molecule has 0 N–H and O–H groups in total. The molecule has 2 heteroatoms. The van der Waals surface area contributed by atoms with E-state index in [-0.39, 0.29) is 0 Å². The smallest absolute Gasteiger partial charge is 0.0536 e. The van der Waals surface area contributed by atoms with Gasteiger partial charge >= 0.3 is 0 Å². The lowest BCUT2D eigenvalue weighted by atomic mass is 9.89. The molecular formula is C9H15BrO. The quantitative estimate of drug-likeness (QED) is 0.521. The van der Waals surface area contributed by atoms with Crippen molar-refractivity contribution >= 4 is 15.9 Å². The lowest BCUT2D eigenvalue weighted by Gasteiger charge is -2.25. The van der Waals surface area contributed by atoms with Crippen molar-refractivity contribution < 1.29 is 4.74 Å². The van der Waals surface area contributed by atoms with E-state index >= 15 is 0 Å². The van der Waals surface area contributed by atoms with Crippen molar-refractivity contribution in [2.24, 2.45) is 5.41 Å². The summed E-state index contributed by atoms with van der Waals surface area (Å²) in [6.07, 6.45) is 6.83. The summed E-state index contributed by atoms with van der Waals surface area (Å²) in [4.78, 5) is 0. The molecule has 0 unspecified atom stereocenters. The maximum atomic E-state index is 5.44. The van der Waals surface area contributed by atoms with E-state index < -0.39 is 0 Å². The highest BCUT2D eigenvalue weighted by atomic mass is 79.9. The van der Waals surface area contributed by atoms with Crippen molar-refractivity contribution in [1.29, 1.82) is 0 Å². The highest BCUT2D eigenvalue weighted by molar-refractivity contribution is 9.09. The Hall–Kier alpha value is 0.180. The van der Waals surface area contributed by atoms with Gasteiger partial charge in [-0.15, -0.1) is 0 Å². The number of ether oxygens (including phenoxy) is 1. The van der Waals surface area contributed by atoms with Crippen LogP contribution >= 0.6 is 15.9 Å². The first-order chi connectivity index (χ1) is 5.33. The first kappa shape index (κ1) is 9.27. The van der Waals surface area contributed by atoms with Crippen LogP contribution in [-0.4, -0.2) is 18.5 Å². The van der Waals surface area contributed by atoms with Gasteiger partial charge in [-0.2, -0.15) is 0 Å². The second-order valence-corrected chi connectivity index (χ2v) is 3.71. The van der Waals surface area contributed by atoms with Gasteiger partial charge in [-0.25, -0.2) is 0 Å². The molecule has 0 aromatic rings. The average Bonchev–Trinajstić information content (AvgIpc) is 2.50. The summed E-state index contributed by atoms with van der Waals surface area (Å²) in [6.45, 7) is 3.76. The molecule has 0 aromatic heterocycles. The van der Waals surface area contributed by atoms with Crippen molar-refractivity contribution in [3.8, 4) is 0 Å². The fraction of sp³-hybridized carbons (Fsp3) is 0.778. The van der Waals surface area contributed by atoms with Crippen molar-refractivity contribution in [2.45, 2.75) is 19.8 Å². The van der Waals surface area contributed by atoms with E-state index in [1.165, 1.54) is 0 Å². The summed E-state index contributed by atoms with van der Waals surface area (Å²) in [7, 11) is 0. The lowest BCUT2D eigenvalue weighted by Crippen LogP contribution is -2.25. The highest BCUT2D eigenvalue weighted by Crippen LogP contribution is 2.35. The van der Waals surface area contributed by atoms with E-state index in [4.69, 9.17) is 4.74 Å². The molecule has 0 amide bonds. The van der Waals surface area contributed by atoms with Crippen LogP contribution in [0.4, 0.5) is 0 Å². The average molecular weight is 219 g/mol. The molecule has 1 aliphatic rings. The maximum Gasteiger partial charge on any atom is 0.0536 e. The van der Waals surface area contributed by atoms with Gasteiger partial charge < -0.3 is 4.74 Å². The number of allylic oxidation sites excluding steroid dienone is 2. The summed E-state index contributed by atoms with van der Waals surface area (Å²) in [5, 5.41) is 1.05. The van der Waals surface area contributed by atoms with Gasteiger partial charge in [-0.1, -0.05) is 28.1 Å². The molecule has 0 spiro atoms. The molecule has 0 saturated heterocycles. The number of halogens is 1. The molecule has 0 heterocycles. The van der Waals surface area contributed by atoms with Crippen LogP contribution in [0.2, 0.25) is 0 Å². The van der Waals surface area contributed by atoms with Crippen LogP contribution in [0.1, 0.15) is 19.8 Å². The molecule has 1 nitrogen and oxygen atoms in total. The van der Waals surface area contributed by atoms with E-state index in [0.29, 0.717) is 5.41 Å². The molecule has 0 bridgehead atoms. The Labute approximate surface area is 76.9 Å². The summed E-state index contributed by atoms with van der Waals surface area (Å²) in [6, 6.07) is 0. The standard InChI is InChI=1S/C9H15BrO/c1-2-11-8-9(7-10)5-3-4-6-9/h3-4H,2,5-8H2,1H3. The zero-order valence-electron chi connectivity index (χ0n) is 6.98. The van der Waals surface area contributed by atoms with Gasteiger partial charge in [0.05, 0.1) is 6.61 Å². The molecule has 0 radical (unpaired) electrons. The van der Waals surface area contributed by atoms with Crippen molar-refractivity contribution in [3.63, 3.8) is 0 Å². The van der Waals surface area contributed by atoms with Crippen molar-refractivity contribution in [3.05, 3.63) is 12.2 Å². The van der Waals surface area contributed by atoms with E-state index in [2.05, 4.69) is 28.1 Å². The lowest BCUT2D eigenvalue weighted by molar-refractivity contribution is 0.0710. The van der Waals surface area contributed by atoms with Crippen molar-refractivity contribution in [2.75, 3.05) is 18.5 Å². The Morgan fingerprint density at radius 3 is 2.55 bits per heavy atom. The summed E-state index contributed by atoms with van der Waals surface area (Å²) >= 11 is 3.54. The van der Waals surface area contributed by atoms with E-state index in [1.54, 1.807) is 0 Å². The van der Waals surface area contributed by atoms with Crippen molar-refractivity contribution in [1.82, 2.24) is 0 Å². The third-order valence-corrected chi connectivity index (χ3v) is 3.35. The van der Waals surface area contributed by atoms with Crippen LogP contribution in [0.5, 0.6) is 0 Å². The summed E-state index contributed by atoms with van der Waals surface area (Å²) in [5.41, 5.74) is 0.371. The predicted octanol–water partition coefficient (Wildman–Crippen LogP) is 2.75. The maximum absolute atomic E-state index is 5.44. The minimum atomic E-state index is 0.371. The SMILES string of the molecule is CCOCC1(CBr)CC=CC1. The van der Waals surface area contributed by atoms with E-state index in [1.807, 2.05) is 6.92 Å². The van der Waals surface area contributed by atoms with Crippen LogP contribution in [-0.2, 0) is 4.74 Å². The summed E-state index contributed by atoms with van der Waals surface area (Å²) < 4.78 is 5.44. The molecule has 1 rings (SSSR count). The Morgan fingerprint density at radius 2 is 2.09 bits per heavy atom. The predicted molar refractivity (Wildman–Crippen MR) is 51.1 cm³/mol. The van der Waals surface area contributed by atoms with Crippen LogP contribution in [0.3, 0.4) is 0 Å². The zero-order chi connectivity index (χ0) is 8.16. The van der Waals surface area contributed by atoms with Gasteiger partial charge in [-0.3, -0.25) is 0 Å². The van der Waals surface area contributed by atoms with E-state index in [0.717, 1.165) is 31.4 Å². The third kappa shape index (κ3) is 2.31. The van der Waals surface area contributed by atoms with Gasteiger partial charge in [0.25, 0.3) is 0 Å². The molecule has 0 aliphatic heterocycles. The van der Waals surface area contributed by atoms with Crippen LogP contribution in [0.25, 0.3) is 0 Å². The van der Waals surface area contributed by atoms with Crippen LogP contribution < -0.4 is 0 Å². The molecule has 0 aromatic carbocycles. The number of hydrogen-bond acceptors (Lipinski definition) is 1. The van der Waals surface area contributed by atoms with E-state index in [9.17, 15) is 0 Å². The highest BCUT2D eigenvalue weighted by Gasteiger charge is 2.29. The molecule has 11 heavy (non-hydrogen) atoms. The Balaban J connectivity index is 2.35. The first-order valence-electron chi connectivity index (χ1n) is 4.12. The summed E-state index contributed by atoms with van der Waals surface area (Å²) in [5.74, 6) is 0. The topological polar surface area (TPSA) is 9.23 Å². The molecule has 64 valence electrons. The number of rotatable bonds is 4. The zero-order valence-corrected chi connectivity index (χ0v) is 8.56. The molecular weight excluding hydrogens is 204 g/mol. The molecule has 0 saturated carbocycles. The van der Waals surface area contributed by atoms with Gasteiger partial charge in [0, 0.05) is 17.4 Å². The normalized spacial score (nSPS) is 20.9. The van der Waals surface area contributed by atoms with Gasteiger partial charge in [-0.05, 0) is 19.8 Å².